The number of hydrogen-bond donors (Lipinski definition) is 1. The Bertz CT molecular complexity index is 1200. The maximum atomic E-state index is 13.1. The zero-order valence-corrected chi connectivity index (χ0v) is 19.1. The van der Waals surface area contributed by atoms with Crippen LogP contribution in [0, 0.1) is 0 Å². The smallest absolute Gasteiger partial charge is 0.339 e. The molecule has 1 aliphatic heterocycles. The highest BCUT2D eigenvalue weighted by atomic mass is 32.2. The van der Waals surface area contributed by atoms with Gasteiger partial charge in [0.05, 0.1) is 36.5 Å². The van der Waals surface area contributed by atoms with E-state index in [9.17, 15) is 18.0 Å². The number of carbonyl (C=O) groups excluding carboxylic acids is 2. The van der Waals surface area contributed by atoms with E-state index in [4.69, 9.17) is 13.9 Å². The summed E-state index contributed by atoms with van der Waals surface area (Å²) in [6, 6.07) is 17.4. The first-order valence-corrected chi connectivity index (χ1v) is 12.2. The van der Waals surface area contributed by atoms with Crippen LogP contribution >= 0.6 is 0 Å². The molecule has 4 rings (SSSR count). The van der Waals surface area contributed by atoms with Crippen molar-refractivity contribution < 1.29 is 31.9 Å². The number of ether oxygens (including phenoxy) is 2. The summed E-state index contributed by atoms with van der Waals surface area (Å²) in [4.78, 5) is 27.6. The fourth-order valence-electron chi connectivity index (χ4n) is 3.45. The van der Waals surface area contributed by atoms with E-state index in [0.29, 0.717) is 37.6 Å². The van der Waals surface area contributed by atoms with Crippen molar-refractivity contribution in [2.75, 3.05) is 26.3 Å². The Balaban J connectivity index is 1.47. The van der Waals surface area contributed by atoms with Crippen LogP contribution in [-0.4, -0.2) is 51.5 Å². The van der Waals surface area contributed by atoms with Gasteiger partial charge in [0.2, 0.25) is 16.1 Å². The topological polar surface area (TPSA) is 115 Å². The molecule has 2 aromatic carbocycles. The van der Waals surface area contributed by atoms with Gasteiger partial charge in [0, 0.05) is 18.7 Å². The van der Waals surface area contributed by atoms with Crippen molar-refractivity contribution in [3.8, 4) is 0 Å². The summed E-state index contributed by atoms with van der Waals surface area (Å²) in [6.45, 7) is 1.67. The number of morpholine rings is 1. The van der Waals surface area contributed by atoms with Gasteiger partial charge in [0.15, 0.2) is 0 Å². The molecule has 0 unspecified atom stereocenters. The zero-order chi connectivity index (χ0) is 24.0. The van der Waals surface area contributed by atoms with Crippen LogP contribution < -0.4 is 4.72 Å². The van der Waals surface area contributed by atoms with E-state index >= 15 is 0 Å². The van der Waals surface area contributed by atoms with Gasteiger partial charge in [-0.05, 0) is 36.4 Å². The minimum atomic E-state index is -3.81. The second-order valence-corrected chi connectivity index (χ2v) is 9.33. The van der Waals surface area contributed by atoms with E-state index in [2.05, 4.69) is 4.72 Å². The molecule has 1 atom stereocenters. The highest BCUT2D eigenvalue weighted by molar-refractivity contribution is 7.89. The van der Waals surface area contributed by atoms with Crippen molar-refractivity contribution in [2.24, 2.45) is 0 Å². The number of furan rings is 1. The van der Waals surface area contributed by atoms with Crippen LogP contribution in [0.5, 0.6) is 0 Å². The van der Waals surface area contributed by atoms with Gasteiger partial charge in [-0.15, -0.1) is 0 Å². The number of carbonyl (C=O) groups is 2. The van der Waals surface area contributed by atoms with Crippen molar-refractivity contribution in [2.45, 2.75) is 17.5 Å². The number of benzene rings is 2. The number of amides is 1. The van der Waals surface area contributed by atoms with Crippen LogP contribution in [0.2, 0.25) is 0 Å². The van der Waals surface area contributed by atoms with Crippen molar-refractivity contribution >= 4 is 21.9 Å². The van der Waals surface area contributed by atoms with Crippen molar-refractivity contribution in [3.63, 3.8) is 0 Å². The second-order valence-electron chi connectivity index (χ2n) is 7.56. The number of nitrogens with zero attached hydrogens (tertiary/aromatic N) is 1. The Morgan fingerprint density at radius 1 is 0.971 bits per heavy atom. The molecule has 3 aromatic rings. The molecule has 1 aromatic heterocycles. The van der Waals surface area contributed by atoms with Gasteiger partial charge in [0.25, 0.3) is 5.91 Å². The van der Waals surface area contributed by atoms with E-state index in [1.807, 2.05) is 0 Å². The van der Waals surface area contributed by atoms with Crippen LogP contribution in [0.4, 0.5) is 0 Å². The van der Waals surface area contributed by atoms with Gasteiger partial charge in [-0.2, -0.15) is 0 Å². The molecule has 2 heterocycles. The minimum absolute atomic E-state index is 0.00152. The van der Waals surface area contributed by atoms with Crippen molar-refractivity contribution in [3.05, 3.63) is 89.9 Å². The summed E-state index contributed by atoms with van der Waals surface area (Å²) in [7, 11) is -3.81. The fraction of sp³-hybridized carbons (Fsp3) is 0.250. The van der Waals surface area contributed by atoms with Crippen molar-refractivity contribution in [1.29, 1.82) is 0 Å². The van der Waals surface area contributed by atoms with Crippen LogP contribution in [-0.2, 0) is 30.8 Å². The standard InChI is InChI=1S/C24H24N2O7S/c27-23(26-12-15-31-16-13-26)22(18-5-2-1-3-6-18)33-24(28)19-8-10-21(11-9-19)34(29,30)25-17-20-7-4-14-32-20/h1-11,14,22,25H,12-13,15-17H2/t22-/m0/s1. The van der Waals surface area contributed by atoms with E-state index < -0.39 is 22.1 Å². The van der Waals surface area contributed by atoms with Gasteiger partial charge < -0.3 is 18.8 Å². The number of hydrogen-bond acceptors (Lipinski definition) is 7. The number of rotatable bonds is 8. The lowest BCUT2D eigenvalue weighted by Crippen LogP contribution is -2.44. The van der Waals surface area contributed by atoms with Crippen molar-refractivity contribution in [1.82, 2.24) is 9.62 Å². The average molecular weight is 485 g/mol. The van der Waals surface area contributed by atoms with Crippen LogP contribution in [0.1, 0.15) is 27.8 Å². The second kappa shape index (κ2) is 10.6. The molecule has 0 spiro atoms. The maximum Gasteiger partial charge on any atom is 0.339 e. The zero-order valence-electron chi connectivity index (χ0n) is 18.3. The molecule has 1 saturated heterocycles. The summed E-state index contributed by atoms with van der Waals surface area (Å²) >= 11 is 0. The highest BCUT2D eigenvalue weighted by Crippen LogP contribution is 2.23. The Labute approximate surface area is 197 Å². The molecule has 0 saturated carbocycles. The van der Waals surface area contributed by atoms with E-state index in [1.54, 1.807) is 47.4 Å². The van der Waals surface area contributed by atoms with E-state index in [1.165, 1.54) is 30.5 Å². The number of esters is 1. The number of nitrogens with one attached hydrogen (secondary N) is 1. The molecular weight excluding hydrogens is 460 g/mol. The monoisotopic (exact) mass is 484 g/mol. The molecule has 1 N–H and O–H groups in total. The first-order chi connectivity index (χ1) is 16.4. The maximum absolute atomic E-state index is 13.1. The molecule has 1 amide bonds. The SMILES string of the molecule is O=C(O[C@H](C(=O)N1CCOCC1)c1ccccc1)c1ccc(S(=O)(=O)NCc2ccco2)cc1. The normalized spacial score (nSPS) is 15.0. The molecule has 0 radical (unpaired) electrons. The van der Waals surface area contributed by atoms with Crippen LogP contribution in [0.3, 0.4) is 0 Å². The summed E-state index contributed by atoms with van der Waals surface area (Å²) in [5.41, 5.74) is 0.675. The summed E-state index contributed by atoms with van der Waals surface area (Å²) < 4.78 is 43.5. The molecule has 10 heteroatoms. The predicted molar refractivity (Wildman–Crippen MR) is 121 cm³/mol. The molecular formula is C24H24N2O7S. The lowest BCUT2D eigenvalue weighted by molar-refractivity contribution is -0.145. The van der Waals surface area contributed by atoms with Gasteiger partial charge in [0.1, 0.15) is 5.76 Å². The highest BCUT2D eigenvalue weighted by Gasteiger charge is 2.31. The third kappa shape index (κ3) is 5.71. The predicted octanol–water partition coefficient (Wildman–Crippen LogP) is 2.51. The Morgan fingerprint density at radius 2 is 1.68 bits per heavy atom. The summed E-state index contributed by atoms with van der Waals surface area (Å²) in [5.74, 6) is -0.590. The Hall–Kier alpha value is -3.47. The quantitative estimate of drug-likeness (QED) is 0.489. The molecule has 1 fully saturated rings. The van der Waals surface area contributed by atoms with Gasteiger partial charge >= 0.3 is 5.97 Å². The fourth-order valence-corrected chi connectivity index (χ4v) is 4.44. The van der Waals surface area contributed by atoms with Crippen LogP contribution in [0.15, 0.2) is 82.3 Å². The largest absolute Gasteiger partial charge is 0.468 e. The third-order valence-corrected chi connectivity index (χ3v) is 6.71. The first-order valence-electron chi connectivity index (χ1n) is 10.7. The van der Waals surface area contributed by atoms with Gasteiger partial charge in [-0.25, -0.2) is 17.9 Å². The molecule has 34 heavy (non-hydrogen) atoms. The first kappa shape index (κ1) is 23.7. The average Bonchev–Trinajstić information content (AvgIpc) is 3.41. The molecule has 9 nitrogen and oxygen atoms in total. The molecule has 0 aliphatic carbocycles. The third-order valence-electron chi connectivity index (χ3n) is 5.29. The summed E-state index contributed by atoms with van der Waals surface area (Å²) in [6.07, 6.45) is 0.335. The van der Waals surface area contributed by atoms with E-state index in [-0.39, 0.29) is 22.9 Å². The molecule has 1 aliphatic rings. The minimum Gasteiger partial charge on any atom is -0.468 e. The van der Waals surface area contributed by atoms with Gasteiger partial charge in [-0.3, -0.25) is 4.79 Å². The lowest BCUT2D eigenvalue weighted by atomic mass is 10.1. The van der Waals surface area contributed by atoms with Crippen LogP contribution in [0.25, 0.3) is 0 Å². The number of sulfonamides is 1. The lowest BCUT2D eigenvalue weighted by Gasteiger charge is -2.30. The van der Waals surface area contributed by atoms with Gasteiger partial charge in [-0.1, -0.05) is 30.3 Å². The molecule has 178 valence electrons. The van der Waals surface area contributed by atoms with E-state index in [0.717, 1.165) is 0 Å². The molecule has 0 bridgehead atoms. The Morgan fingerprint density at radius 3 is 2.32 bits per heavy atom. The summed E-state index contributed by atoms with van der Waals surface area (Å²) in [5, 5.41) is 0. The Kier molecular flexibility index (Phi) is 7.41.